The van der Waals surface area contributed by atoms with Crippen molar-refractivity contribution in [2.75, 3.05) is 26.2 Å². The van der Waals surface area contributed by atoms with Crippen LogP contribution in [0.2, 0.25) is 0 Å². The van der Waals surface area contributed by atoms with Gasteiger partial charge in [-0.15, -0.1) is 0 Å². The Morgan fingerprint density at radius 3 is 0.888 bits per heavy atom. The molecule has 49 nitrogen and oxygen atoms in total. The molecule has 143 heavy (non-hydrogen) atoms. The molecule has 0 aliphatic carbocycles. The number of unbranched alkanes of at least 4 members (excludes halogenated alkanes) is 2. The van der Waals surface area contributed by atoms with E-state index >= 15 is 4.79 Å². The van der Waals surface area contributed by atoms with Gasteiger partial charge in [0.15, 0.2) is 11.9 Å². The SMILES string of the molecule is CC[C@H](C)[C@H](NC(=O)[C@H](CC(=O)O)NC(=O)[C@H](CC(C)C)NC(=O)[C@H](CCCNC(=N)N)NC(=O)[C@H](Cc1ccccc1)NC(=O)[C@H](CCC(=O)O)NC(=O)[C@@H](NC(=O)[C@H](CCCCN)NC(=O)[C@@H](NC(=O)[C@H](CC(=O)O)NC(=O)[C@H](CC(C)C)NC(=O)[C@@H](N)CCCNC(=N)N)[C@@H](C)CC)C(C)C)C(=O)N[C@@H](CCCCN)C(=O)N[C@H](C(=O)N[C@@H](CCC(=O)O)C(=O)N[C@@H](Cc1ccccc1)C(=O)O)C(C)C. The average molecular weight is 2020 g/mol. The van der Waals surface area contributed by atoms with Crippen molar-refractivity contribution >= 4 is 130 Å². The molecule has 2 aromatic rings. The summed E-state index contributed by atoms with van der Waals surface area (Å²) in [6.45, 7) is 19.6. The zero-order valence-corrected chi connectivity index (χ0v) is 83.6. The standard InChI is InChI=1S/C94H154N24O25/c1-13-53(11)75(117-86(136)66(47-71(123)124)112-83(133)63(43-49(3)4)109-77(127)57(97)31-25-41-102-93(98)99)90(140)105-58(32-21-23-39-95)81(131)115-73(51(7)8)88(138)107-61(35-37-69(119)120)79(129)111-65(45-55-27-17-15-18-28-55)85(135)104-60(34-26-42-103-94(100)101)78(128)110-64(44-50(5)6)84(134)113-67(48-72(125)126)87(137)118-76(54(12)14-2)91(141)106-59(33-22-24-40-96)82(132)116-74(52(9)10)89(139)108-62(36-38-70(121)122)80(130)114-68(92(142)143)46-56-29-19-16-20-30-56/h15-20,27-30,49-54,57-68,73-76H,13-14,21-26,31-48,95-97H2,1-12H3,(H,104,135)(H,105,140)(H,106,141)(H,107,138)(H,108,139)(H,109,127)(H,110,128)(H,111,129)(H,112,133)(H,113,134)(H,114,130)(H,115,131)(H,116,132)(H,117,136)(H,118,137)(H,119,120)(H,121,122)(H,123,124)(H,125,126)(H,142,143)(H4,98,99,102)(H4,100,101,103)/t53-,54-,57-,58-,59-,60-,61-,62-,63-,64-,65-,66-,67-,68-,73-,74-,75-,76-/m0/s1. The molecule has 0 aliphatic rings. The largest absolute Gasteiger partial charge is 0.481 e. The van der Waals surface area contributed by atoms with Gasteiger partial charge >= 0.3 is 29.8 Å². The van der Waals surface area contributed by atoms with Crippen LogP contribution in [-0.2, 0) is 109 Å². The van der Waals surface area contributed by atoms with Crippen LogP contribution in [0.25, 0.3) is 0 Å². The van der Waals surface area contributed by atoms with Crippen molar-refractivity contribution in [1.82, 2.24) is 90.4 Å². The van der Waals surface area contributed by atoms with Crippen LogP contribution in [-0.4, -0.2) is 279 Å². The monoisotopic (exact) mass is 2020 g/mol. The summed E-state index contributed by atoms with van der Waals surface area (Å²) in [4.78, 5) is 279. The van der Waals surface area contributed by atoms with Crippen LogP contribution in [0.4, 0.5) is 0 Å². The fourth-order valence-electron chi connectivity index (χ4n) is 14.8. The number of guanidine groups is 2. The maximum Gasteiger partial charge on any atom is 0.326 e. The Kier molecular flexibility index (Phi) is 57.9. The van der Waals surface area contributed by atoms with Gasteiger partial charge in [-0.2, -0.15) is 0 Å². The van der Waals surface area contributed by atoms with Gasteiger partial charge in [-0.25, -0.2) is 4.79 Å². The van der Waals surface area contributed by atoms with E-state index in [0.29, 0.717) is 30.4 Å². The first kappa shape index (κ1) is 125. The Balaban J connectivity index is 2.66. The van der Waals surface area contributed by atoms with Gasteiger partial charge in [0.05, 0.1) is 18.9 Å². The molecule has 0 unspecified atom stereocenters. The zero-order valence-electron chi connectivity index (χ0n) is 83.6. The third-order valence-electron chi connectivity index (χ3n) is 23.3. The molecule has 49 heteroatoms. The Bertz CT molecular complexity index is 4550. The predicted molar refractivity (Wildman–Crippen MR) is 525 cm³/mol. The number of hydrogen-bond donors (Lipinski definition) is 29. The molecule has 0 radical (unpaired) electrons. The highest BCUT2D eigenvalue weighted by molar-refractivity contribution is 6.02. The van der Waals surface area contributed by atoms with Crippen molar-refractivity contribution in [2.45, 2.75) is 321 Å². The summed E-state index contributed by atoms with van der Waals surface area (Å²) in [7, 11) is 0. The zero-order chi connectivity index (χ0) is 108. The van der Waals surface area contributed by atoms with Crippen LogP contribution in [0, 0.1) is 46.3 Å². The van der Waals surface area contributed by atoms with E-state index in [4.69, 9.17) is 39.5 Å². The lowest BCUT2D eigenvalue weighted by Gasteiger charge is -2.30. The minimum Gasteiger partial charge on any atom is -0.481 e. The second kappa shape index (κ2) is 66.1. The summed E-state index contributed by atoms with van der Waals surface area (Å²) in [5.74, 6) is -27.8. The number of carboxylic acid groups (broad SMARTS) is 5. The normalized spacial score (nSPS) is 15.0. The smallest absolute Gasteiger partial charge is 0.326 e. The van der Waals surface area contributed by atoms with Gasteiger partial charge in [-0.1, -0.05) is 157 Å². The van der Waals surface area contributed by atoms with E-state index in [0.717, 1.165) is 0 Å². The fraction of sp³-hybridized carbons (Fsp3) is 0.638. The van der Waals surface area contributed by atoms with E-state index < -0.39 is 289 Å². The minimum absolute atomic E-state index is 0.00546. The van der Waals surface area contributed by atoms with Gasteiger partial charge < -0.3 is 145 Å². The summed E-state index contributed by atoms with van der Waals surface area (Å²) >= 11 is 0. The molecule has 2 aromatic carbocycles. The Hall–Kier alpha value is -13.7. The predicted octanol–water partition coefficient (Wildman–Crippen LogP) is -2.88. The van der Waals surface area contributed by atoms with Gasteiger partial charge in [0.2, 0.25) is 88.6 Å². The lowest BCUT2D eigenvalue weighted by Crippen LogP contribution is -2.62. The molecule has 0 fully saturated rings. The van der Waals surface area contributed by atoms with Crippen LogP contribution >= 0.6 is 0 Å². The maximum absolute atomic E-state index is 15.1. The molecule has 0 saturated carbocycles. The second-order valence-corrected chi connectivity index (χ2v) is 37.1. The van der Waals surface area contributed by atoms with Crippen LogP contribution in [0.3, 0.4) is 0 Å². The molecular weight excluding hydrogens is 1870 g/mol. The highest BCUT2D eigenvalue weighted by Crippen LogP contribution is 2.20. The van der Waals surface area contributed by atoms with E-state index in [2.05, 4.69) is 90.4 Å². The number of hydrogen-bond acceptors (Lipinski definition) is 25. The number of carbonyl (C=O) groups is 20. The van der Waals surface area contributed by atoms with E-state index in [1.54, 1.807) is 109 Å². The topological polar surface area (TPSA) is 825 Å². The molecule has 34 N–H and O–H groups in total. The van der Waals surface area contributed by atoms with Gasteiger partial charge in [0.25, 0.3) is 0 Å². The first-order valence-electron chi connectivity index (χ1n) is 48.3. The molecule has 0 aromatic heterocycles. The fourth-order valence-corrected chi connectivity index (χ4v) is 14.8. The molecule has 15 amide bonds. The third-order valence-corrected chi connectivity index (χ3v) is 23.3. The molecule has 18 atom stereocenters. The highest BCUT2D eigenvalue weighted by atomic mass is 16.4. The maximum atomic E-state index is 15.1. The van der Waals surface area contributed by atoms with Crippen LogP contribution < -0.4 is 119 Å². The summed E-state index contributed by atoms with van der Waals surface area (Å²) in [6, 6.07) is -9.41. The van der Waals surface area contributed by atoms with E-state index in [9.17, 15) is 117 Å². The van der Waals surface area contributed by atoms with Crippen molar-refractivity contribution in [1.29, 1.82) is 10.8 Å². The minimum atomic E-state index is -2.02. The van der Waals surface area contributed by atoms with Crippen molar-refractivity contribution in [3.8, 4) is 0 Å². The van der Waals surface area contributed by atoms with Crippen LogP contribution in [0.5, 0.6) is 0 Å². The van der Waals surface area contributed by atoms with Gasteiger partial charge in [-0.3, -0.25) is 102 Å². The molecule has 2 rings (SSSR count). The van der Waals surface area contributed by atoms with Gasteiger partial charge in [-0.05, 0) is 150 Å². The molecular formula is C94H154N24O25. The molecule has 800 valence electrons. The molecule has 0 saturated heterocycles. The number of carboxylic acids is 5. The lowest BCUT2D eigenvalue weighted by atomic mass is 9.96. The summed E-state index contributed by atoms with van der Waals surface area (Å²) < 4.78 is 0. The number of benzene rings is 2. The molecule has 0 heterocycles. The van der Waals surface area contributed by atoms with E-state index in [1.165, 1.54) is 34.6 Å². The average Bonchev–Trinajstić information content (AvgIpc) is 0.846. The first-order chi connectivity index (χ1) is 67.3. The van der Waals surface area contributed by atoms with Crippen molar-refractivity contribution in [3.63, 3.8) is 0 Å². The van der Waals surface area contributed by atoms with Crippen molar-refractivity contribution < 1.29 is 121 Å². The number of carbonyl (C=O) groups excluding carboxylic acids is 15. The van der Waals surface area contributed by atoms with Gasteiger partial charge in [0, 0.05) is 38.8 Å². The van der Waals surface area contributed by atoms with Crippen LogP contribution in [0.1, 0.15) is 223 Å². The number of rotatable bonds is 71. The lowest BCUT2D eigenvalue weighted by molar-refractivity contribution is -0.143. The number of nitrogens with one attached hydrogen (secondary N) is 19. The molecule has 0 aliphatic heterocycles. The van der Waals surface area contributed by atoms with E-state index in [-0.39, 0.29) is 122 Å². The highest BCUT2D eigenvalue weighted by Gasteiger charge is 2.42. The summed E-state index contributed by atoms with van der Waals surface area (Å²) in [6.07, 6.45) is -4.40. The van der Waals surface area contributed by atoms with Crippen molar-refractivity contribution in [3.05, 3.63) is 71.8 Å². The third kappa shape index (κ3) is 49.0. The molecule has 0 bridgehead atoms. The summed E-state index contributed by atoms with van der Waals surface area (Å²) in [5.41, 5.74) is 29.6. The quantitative estimate of drug-likeness (QED) is 0.0180. The first-order valence-corrected chi connectivity index (χ1v) is 48.3. The number of amides is 15. The van der Waals surface area contributed by atoms with Gasteiger partial charge in [0.1, 0.15) is 90.6 Å². The Morgan fingerprint density at radius 2 is 0.566 bits per heavy atom. The second-order valence-electron chi connectivity index (χ2n) is 37.1. The number of nitrogens with two attached hydrogens (primary N) is 5. The van der Waals surface area contributed by atoms with Crippen LogP contribution in [0.15, 0.2) is 60.7 Å². The number of aliphatic carboxylic acids is 5. The Labute approximate surface area is 832 Å². The summed E-state index contributed by atoms with van der Waals surface area (Å²) in [5, 5.41) is 108. The van der Waals surface area contributed by atoms with E-state index in [1.807, 2.05) is 0 Å². The molecule has 0 spiro atoms. The van der Waals surface area contributed by atoms with Crippen molar-refractivity contribution in [2.24, 2.45) is 64.2 Å². The Morgan fingerprint density at radius 1 is 0.301 bits per heavy atom.